The van der Waals surface area contributed by atoms with Gasteiger partial charge in [0.15, 0.2) is 34.7 Å². The second-order valence-corrected chi connectivity index (χ2v) is 28.0. The van der Waals surface area contributed by atoms with E-state index >= 15 is 0 Å². The SMILES string of the molecule is C/C=C/C[C@@H](C)[C@@H](O)[C@@H]1CC(=O)[C@H](C(C)C)N(C)C(=O)[C@H](CC(C)C)CC(=O)[C@H](CC(C)C)N(C)C(=O)[C@@H](C)NC(=O)[C@H](C)CC(=O)[C@H](CC(C)C)N(C)C(=O)[C@H](C(C)C)CC(=O)[C@H]([C@@H](C)OCCC/C=N/Oc2ccccc2)N(C)C(=O)CCC(=O)[C@H](CC)NC1=O. The lowest BCUT2D eigenvalue weighted by Crippen LogP contribution is -2.53. The Morgan fingerprint density at radius 1 is 0.602 bits per heavy atom. The molecule has 93 heavy (non-hydrogen) atoms. The lowest BCUT2D eigenvalue weighted by Gasteiger charge is -2.36. The molecule has 1 aromatic rings. The molecule has 1 aromatic carbocycles. The Morgan fingerprint density at radius 2 is 1.15 bits per heavy atom. The van der Waals surface area contributed by atoms with E-state index in [1.807, 2.05) is 72.7 Å². The number of aliphatic hydroxyl groups excluding tert-OH is 1. The fourth-order valence-corrected chi connectivity index (χ4v) is 12.3. The molecule has 0 radical (unpaired) electrons. The summed E-state index contributed by atoms with van der Waals surface area (Å²) >= 11 is 0. The normalized spacial score (nSPS) is 26.0. The Morgan fingerprint density at radius 3 is 1.69 bits per heavy atom. The third kappa shape index (κ3) is 26.3. The zero-order chi connectivity index (χ0) is 70.7. The number of para-hydroxylation sites is 1. The van der Waals surface area contributed by atoms with Crippen LogP contribution in [-0.2, 0) is 57.5 Å². The van der Waals surface area contributed by atoms with Crippen molar-refractivity contribution in [1.82, 2.24) is 30.2 Å². The molecule has 0 aliphatic carbocycles. The number of ketones is 5. The minimum Gasteiger partial charge on any atom is -0.392 e. The van der Waals surface area contributed by atoms with Crippen LogP contribution in [0.15, 0.2) is 47.6 Å². The second-order valence-electron chi connectivity index (χ2n) is 28.0. The number of likely N-dealkylation sites (N-methyl/N-ethyl adjacent to an activating group) is 4. The van der Waals surface area contributed by atoms with Crippen LogP contribution in [0, 0.1) is 59.2 Å². The van der Waals surface area contributed by atoms with Crippen molar-refractivity contribution in [3.63, 3.8) is 0 Å². The van der Waals surface area contributed by atoms with E-state index in [1.54, 1.807) is 79.8 Å². The number of hydrogen-bond acceptors (Lipinski definition) is 15. The molecule has 0 saturated carbocycles. The third-order valence-electron chi connectivity index (χ3n) is 17.9. The van der Waals surface area contributed by atoms with Gasteiger partial charge < -0.3 is 44.9 Å². The highest BCUT2D eigenvalue weighted by Gasteiger charge is 2.43. The standard InChI is InChI=1S/C72H117N7O14/c1-21-23-29-48(13)67(86)55-42-62(83)65(47(11)12)79(20)71(90)52(36-43(3)4)40-61(82)58(38-45(7)8)76(17)70(89)50(15)74-68(87)49(14)39-60(81)57(37-44(5)6)77(18)72(91)54(46(9)10)41-63(84)66(78(19)64(85)33-32-59(80)56(22-2)75-69(55)88)51(16)92-35-28-27-34-73-93-53-30-25-24-26-31-53/h21,23-26,30-31,34,43-52,54-58,65-67,86H,22,27-29,32-33,35-42H2,1-20H3,(H,74,87)(H,75,88)/b23-21+,73-34+/t48-,49-,50-,51-,52-,54+,55+,56+,57+,58+,65+,66+,67-/m1/s1. The minimum atomic E-state index is -1.40. The highest BCUT2D eigenvalue weighted by molar-refractivity contribution is 5.99. The van der Waals surface area contributed by atoms with Crippen molar-refractivity contribution in [3.05, 3.63) is 42.5 Å². The van der Waals surface area contributed by atoms with Gasteiger partial charge >= 0.3 is 0 Å². The molecule has 6 amide bonds. The summed E-state index contributed by atoms with van der Waals surface area (Å²) in [6.45, 7) is 28.5. The summed E-state index contributed by atoms with van der Waals surface area (Å²) < 4.78 is 6.26. The first-order valence-electron chi connectivity index (χ1n) is 34.0. The van der Waals surface area contributed by atoms with E-state index in [2.05, 4.69) is 15.8 Å². The van der Waals surface area contributed by atoms with Gasteiger partial charge in [-0.05, 0) is 113 Å². The number of ether oxygens (including phenoxy) is 1. The number of rotatable bonds is 21. The van der Waals surface area contributed by atoms with Crippen LogP contribution in [0.25, 0.3) is 0 Å². The van der Waals surface area contributed by atoms with Crippen LogP contribution in [0.1, 0.15) is 194 Å². The molecule has 21 nitrogen and oxygen atoms in total. The first-order valence-corrected chi connectivity index (χ1v) is 34.0. The third-order valence-corrected chi connectivity index (χ3v) is 17.9. The number of allylic oxidation sites excluding steroid dienone is 2. The Labute approximate surface area is 556 Å². The van der Waals surface area contributed by atoms with E-state index < -0.39 is 167 Å². The zero-order valence-corrected chi connectivity index (χ0v) is 59.9. The molecule has 1 heterocycles. The predicted molar refractivity (Wildman–Crippen MR) is 361 cm³/mol. The Balaban J connectivity index is 2.86. The van der Waals surface area contributed by atoms with E-state index in [0.717, 1.165) is 0 Å². The van der Waals surface area contributed by atoms with Crippen LogP contribution >= 0.6 is 0 Å². The van der Waals surface area contributed by atoms with Gasteiger partial charge in [-0.2, -0.15) is 0 Å². The maximum absolute atomic E-state index is 15.0. The summed E-state index contributed by atoms with van der Waals surface area (Å²) in [4.78, 5) is 171. The number of aliphatic hydroxyl groups is 1. The molecule has 0 unspecified atom stereocenters. The summed E-state index contributed by atoms with van der Waals surface area (Å²) in [5.41, 5.74) is 0. The first kappa shape index (κ1) is 82.6. The number of unbranched alkanes of at least 4 members (excludes halogenated alkanes) is 1. The molecule has 21 heteroatoms. The summed E-state index contributed by atoms with van der Waals surface area (Å²) in [6, 6.07) is 2.28. The lowest BCUT2D eigenvalue weighted by atomic mass is 9.82. The molecule has 1 fully saturated rings. The predicted octanol–water partition coefficient (Wildman–Crippen LogP) is 9.04. The summed E-state index contributed by atoms with van der Waals surface area (Å²) in [5, 5.41) is 21.6. The van der Waals surface area contributed by atoms with E-state index in [0.29, 0.717) is 25.0 Å². The van der Waals surface area contributed by atoms with Crippen LogP contribution in [0.2, 0.25) is 0 Å². The van der Waals surface area contributed by atoms with Crippen molar-refractivity contribution in [2.45, 2.75) is 243 Å². The molecule has 2 rings (SSSR count). The van der Waals surface area contributed by atoms with Crippen molar-refractivity contribution in [3.8, 4) is 5.75 Å². The Kier molecular flexibility index (Phi) is 36.2. The van der Waals surface area contributed by atoms with Gasteiger partial charge in [-0.1, -0.05) is 126 Å². The van der Waals surface area contributed by atoms with E-state index in [4.69, 9.17) is 9.57 Å². The largest absolute Gasteiger partial charge is 0.392 e. The smallest absolute Gasteiger partial charge is 0.245 e. The quantitative estimate of drug-likeness (QED) is 0.0448. The monoisotopic (exact) mass is 1300 g/mol. The average molecular weight is 1300 g/mol. The Bertz CT molecular complexity index is 2680. The molecule has 524 valence electrons. The molecule has 1 aliphatic heterocycles. The van der Waals surface area contributed by atoms with Gasteiger partial charge in [0, 0.05) is 97.3 Å². The average Bonchev–Trinajstić information content (AvgIpc) is 0.880. The minimum absolute atomic E-state index is 0.0775. The fourth-order valence-electron chi connectivity index (χ4n) is 12.3. The van der Waals surface area contributed by atoms with Crippen molar-refractivity contribution in [2.24, 2.45) is 64.3 Å². The van der Waals surface area contributed by atoms with Gasteiger partial charge in [0.05, 0.1) is 42.3 Å². The molecule has 13 atom stereocenters. The van der Waals surface area contributed by atoms with Gasteiger partial charge in [0.2, 0.25) is 35.4 Å². The molecule has 3 N–H and O–H groups in total. The van der Waals surface area contributed by atoms with Gasteiger partial charge in [0.1, 0.15) is 12.1 Å². The van der Waals surface area contributed by atoms with Gasteiger partial charge in [0.25, 0.3) is 0 Å². The molecule has 0 bridgehead atoms. The highest BCUT2D eigenvalue weighted by Crippen LogP contribution is 2.30. The number of nitrogens with zero attached hydrogens (tertiary/aromatic N) is 5. The number of carbonyl (C=O) groups excluding carboxylic acids is 11. The van der Waals surface area contributed by atoms with Crippen molar-refractivity contribution in [1.29, 1.82) is 0 Å². The van der Waals surface area contributed by atoms with Crippen LogP contribution in [0.5, 0.6) is 5.75 Å². The number of oxime groups is 1. The molecular formula is C72H117N7O14. The summed E-state index contributed by atoms with van der Waals surface area (Å²) in [7, 11) is 5.89. The van der Waals surface area contributed by atoms with E-state index in [-0.39, 0.29) is 75.7 Å². The fraction of sp³-hybridized carbons (Fsp3) is 0.722. The van der Waals surface area contributed by atoms with E-state index in [9.17, 15) is 57.8 Å². The molecule has 0 spiro atoms. The molecule has 1 aliphatic rings. The van der Waals surface area contributed by atoms with Crippen LogP contribution in [0.3, 0.4) is 0 Å². The number of nitrogens with one attached hydrogen (secondary N) is 2. The topological polar surface area (TPSA) is 276 Å². The van der Waals surface area contributed by atoms with Crippen LogP contribution in [-0.4, -0.2) is 179 Å². The molecular weight excluding hydrogens is 1190 g/mol. The maximum atomic E-state index is 15.0. The van der Waals surface area contributed by atoms with Crippen LogP contribution in [0.4, 0.5) is 0 Å². The first-order chi connectivity index (χ1) is 43.5. The van der Waals surface area contributed by atoms with Gasteiger partial charge in [-0.3, -0.25) is 52.7 Å². The Hall–Kier alpha value is -6.48. The van der Waals surface area contributed by atoms with Gasteiger partial charge in [-0.25, -0.2) is 0 Å². The van der Waals surface area contributed by atoms with Crippen molar-refractivity contribution < 1.29 is 67.4 Å². The lowest BCUT2D eigenvalue weighted by molar-refractivity contribution is -0.148. The van der Waals surface area contributed by atoms with Crippen molar-refractivity contribution >= 4 is 70.6 Å². The molecule has 0 aromatic heterocycles. The summed E-state index contributed by atoms with van der Waals surface area (Å²) in [6.07, 6.45) is 2.68. The summed E-state index contributed by atoms with van der Waals surface area (Å²) in [5.74, 6) is -11.5. The number of carbonyl (C=O) groups is 11. The second kappa shape index (κ2) is 40.7. The van der Waals surface area contributed by atoms with Gasteiger partial charge in [-0.15, -0.1) is 0 Å². The van der Waals surface area contributed by atoms with E-state index in [1.165, 1.54) is 54.7 Å². The highest BCUT2D eigenvalue weighted by atomic mass is 16.6. The zero-order valence-electron chi connectivity index (χ0n) is 59.9. The van der Waals surface area contributed by atoms with Crippen LogP contribution < -0.4 is 15.5 Å². The maximum Gasteiger partial charge on any atom is 0.245 e. The molecule has 1 saturated heterocycles. The number of amides is 6. The van der Waals surface area contributed by atoms with Crippen molar-refractivity contribution in [2.75, 3.05) is 34.8 Å². The number of Topliss-reactive ketones (excluding diaryl/α,β-unsaturated/α-hetero) is 5. The number of hydrogen-bond donors (Lipinski definition) is 3. The number of benzene rings is 1.